The summed E-state index contributed by atoms with van der Waals surface area (Å²) in [5, 5.41) is 46.2. The van der Waals surface area contributed by atoms with Gasteiger partial charge in [-0.05, 0) is 6.92 Å². The fourth-order valence-electron chi connectivity index (χ4n) is 1.44. The van der Waals surface area contributed by atoms with Crippen molar-refractivity contribution in [3.05, 3.63) is 0 Å². The van der Waals surface area contributed by atoms with E-state index in [4.69, 9.17) is 19.7 Å². The molecule has 0 aliphatic carbocycles. The lowest BCUT2D eigenvalue weighted by molar-refractivity contribution is -0.304. The smallest absolute Gasteiger partial charge is 0.186 e. The second-order valence-corrected chi connectivity index (χ2v) is 3.88. The first-order valence-corrected chi connectivity index (χ1v) is 5.07. The van der Waals surface area contributed by atoms with Gasteiger partial charge < -0.3 is 35.0 Å². The summed E-state index contributed by atoms with van der Waals surface area (Å²) in [4.78, 5) is 0. The Kier molecular flexibility index (Phi) is 5.06. The van der Waals surface area contributed by atoms with Crippen LogP contribution in [0.5, 0.6) is 0 Å². The topological polar surface area (TPSA) is 120 Å². The van der Waals surface area contributed by atoms with Crippen molar-refractivity contribution in [3.63, 3.8) is 0 Å². The molecule has 6 atom stereocenters. The molecule has 0 aromatic rings. The zero-order valence-electron chi connectivity index (χ0n) is 8.93. The molecule has 7 heteroatoms. The Hall–Kier alpha value is -0.280. The number of rotatable bonds is 4. The Labute approximate surface area is 92.9 Å². The Morgan fingerprint density at radius 3 is 2.31 bits per heavy atom. The molecule has 1 heterocycles. The van der Waals surface area contributed by atoms with Crippen molar-refractivity contribution >= 4 is 0 Å². The van der Waals surface area contributed by atoms with E-state index in [-0.39, 0.29) is 6.61 Å². The highest BCUT2D eigenvalue weighted by Gasteiger charge is 2.43. The maximum Gasteiger partial charge on any atom is 0.186 e. The lowest BCUT2D eigenvalue weighted by atomic mass is 9.99. The van der Waals surface area contributed by atoms with Crippen molar-refractivity contribution < 1.29 is 35.0 Å². The second-order valence-electron chi connectivity index (χ2n) is 3.88. The van der Waals surface area contributed by atoms with Crippen LogP contribution < -0.4 is 0 Å². The number of ether oxygens (including phenoxy) is 2. The minimum absolute atomic E-state index is 0.0807. The number of hydrogen-bond acceptors (Lipinski definition) is 7. The molecule has 0 amide bonds. The van der Waals surface area contributed by atoms with Crippen LogP contribution in [0.1, 0.15) is 6.92 Å². The Bertz CT molecular complexity index is 208. The first kappa shape index (κ1) is 13.8. The molecule has 0 spiro atoms. The Morgan fingerprint density at radius 2 is 1.81 bits per heavy atom. The largest absolute Gasteiger partial charge is 0.394 e. The highest BCUT2D eigenvalue weighted by Crippen LogP contribution is 2.21. The van der Waals surface area contributed by atoms with E-state index in [9.17, 15) is 15.3 Å². The molecule has 1 rings (SSSR count). The molecule has 5 N–H and O–H groups in total. The van der Waals surface area contributed by atoms with Crippen LogP contribution in [0.3, 0.4) is 0 Å². The molecule has 0 radical (unpaired) electrons. The van der Waals surface area contributed by atoms with E-state index in [1.165, 1.54) is 6.92 Å². The second kappa shape index (κ2) is 5.87. The first-order valence-electron chi connectivity index (χ1n) is 5.07. The van der Waals surface area contributed by atoms with E-state index in [0.717, 1.165) is 0 Å². The molecule has 16 heavy (non-hydrogen) atoms. The van der Waals surface area contributed by atoms with Gasteiger partial charge in [0.25, 0.3) is 0 Å². The van der Waals surface area contributed by atoms with Crippen molar-refractivity contribution in [1.82, 2.24) is 0 Å². The third kappa shape index (κ3) is 3.11. The average molecular weight is 238 g/mol. The minimum Gasteiger partial charge on any atom is -0.394 e. The van der Waals surface area contributed by atoms with Gasteiger partial charge in [-0.1, -0.05) is 0 Å². The first-order chi connectivity index (χ1) is 7.47. The Balaban J connectivity index is 2.56. The molecule has 7 nitrogen and oxygen atoms in total. The predicted octanol–water partition coefficient (Wildman–Crippen LogP) is -2.82. The number of hydrogen-bond donors (Lipinski definition) is 5. The Morgan fingerprint density at radius 1 is 1.19 bits per heavy atom. The van der Waals surface area contributed by atoms with Gasteiger partial charge in [-0.2, -0.15) is 0 Å². The third-order valence-electron chi connectivity index (χ3n) is 2.35. The minimum atomic E-state index is -1.45. The molecule has 1 fully saturated rings. The van der Waals surface area contributed by atoms with Crippen molar-refractivity contribution in [1.29, 1.82) is 0 Å². The average Bonchev–Trinajstić information content (AvgIpc) is 2.25. The maximum atomic E-state index is 9.51. The van der Waals surface area contributed by atoms with Gasteiger partial charge >= 0.3 is 0 Å². The van der Waals surface area contributed by atoms with Gasteiger partial charge in [-0.15, -0.1) is 0 Å². The predicted molar refractivity (Wildman–Crippen MR) is 51.4 cm³/mol. The third-order valence-corrected chi connectivity index (χ3v) is 2.35. The monoisotopic (exact) mass is 238 g/mol. The summed E-state index contributed by atoms with van der Waals surface area (Å²) in [5.74, 6) is 0. The molecular weight excluding hydrogens is 220 g/mol. The van der Waals surface area contributed by atoms with Crippen molar-refractivity contribution in [2.24, 2.45) is 0 Å². The van der Waals surface area contributed by atoms with Gasteiger partial charge in [-0.3, -0.25) is 0 Å². The number of aliphatic hydroxyl groups excluding tert-OH is 5. The van der Waals surface area contributed by atoms with E-state index in [1.807, 2.05) is 0 Å². The molecule has 0 unspecified atom stereocenters. The fraction of sp³-hybridized carbons (Fsp3) is 1.00. The van der Waals surface area contributed by atoms with Crippen LogP contribution in [0.25, 0.3) is 0 Å². The van der Waals surface area contributed by atoms with Crippen LogP contribution in [0.15, 0.2) is 0 Å². The molecule has 1 aliphatic heterocycles. The summed E-state index contributed by atoms with van der Waals surface area (Å²) < 4.78 is 10.0. The lowest BCUT2D eigenvalue weighted by Gasteiger charge is -2.39. The number of aliphatic hydroxyl groups is 5. The summed E-state index contributed by atoms with van der Waals surface area (Å²) >= 11 is 0. The van der Waals surface area contributed by atoms with Crippen LogP contribution in [-0.2, 0) is 9.47 Å². The zero-order valence-corrected chi connectivity index (χ0v) is 8.93. The summed E-state index contributed by atoms with van der Waals surface area (Å²) in [7, 11) is 0. The van der Waals surface area contributed by atoms with Crippen LogP contribution in [0, 0.1) is 0 Å². The summed E-state index contributed by atoms with van der Waals surface area (Å²) in [5.41, 5.74) is 0. The van der Waals surface area contributed by atoms with E-state index in [0.29, 0.717) is 0 Å². The summed E-state index contributed by atoms with van der Waals surface area (Å²) in [6.07, 6.45) is -7.18. The van der Waals surface area contributed by atoms with E-state index < -0.39 is 43.4 Å². The standard InChI is InChI=1S/C9H18O7/c1-4(11)3-15-9-8(14)7(13)6(12)5(2-10)16-9/h4-14H,2-3H2,1H3/t4-,5-,6-,7+,8-,9-/m1/s1. The van der Waals surface area contributed by atoms with Crippen molar-refractivity contribution in [2.45, 2.75) is 43.7 Å². The quantitative estimate of drug-likeness (QED) is 0.358. The van der Waals surface area contributed by atoms with Gasteiger partial charge in [0.15, 0.2) is 6.29 Å². The van der Waals surface area contributed by atoms with Gasteiger partial charge in [0.1, 0.15) is 24.4 Å². The van der Waals surface area contributed by atoms with Gasteiger partial charge in [0.05, 0.1) is 19.3 Å². The van der Waals surface area contributed by atoms with E-state index >= 15 is 0 Å². The van der Waals surface area contributed by atoms with Crippen molar-refractivity contribution in [2.75, 3.05) is 13.2 Å². The van der Waals surface area contributed by atoms with E-state index in [1.54, 1.807) is 0 Å². The normalized spacial score (nSPS) is 42.0. The molecular formula is C9H18O7. The molecule has 0 saturated carbocycles. The van der Waals surface area contributed by atoms with E-state index in [2.05, 4.69) is 0 Å². The lowest BCUT2D eigenvalue weighted by Crippen LogP contribution is -2.59. The van der Waals surface area contributed by atoms with Gasteiger partial charge in [-0.25, -0.2) is 0 Å². The van der Waals surface area contributed by atoms with Gasteiger partial charge in [0, 0.05) is 0 Å². The molecule has 0 aromatic carbocycles. The molecule has 0 bridgehead atoms. The molecule has 96 valence electrons. The highest BCUT2D eigenvalue weighted by atomic mass is 16.7. The summed E-state index contributed by atoms with van der Waals surface area (Å²) in [6, 6.07) is 0. The van der Waals surface area contributed by atoms with Crippen molar-refractivity contribution in [3.8, 4) is 0 Å². The van der Waals surface area contributed by atoms with Crippen LogP contribution in [0.2, 0.25) is 0 Å². The van der Waals surface area contributed by atoms with Crippen LogP contribution in [0.4, 0.5) is 0 Å². The van der Waals surface area contributed by atoms with Gasteiger partial charge in [0.2, 0.25) is 0 Å². The molecule has 0 aromatic heterocycles. The zero-order chi connectivity index (χ0) is 12.3. The maximum absolute atomic E-state index is 9.51. The fourth-order valence-corrected chi connectivity index (χ4v) is 1.44. The molecule has 1 aliphatic rings. The summed E-state index contributed by atoms with van der Waals surface area (Å²) in [6.45, 7) is 0.909. The van der Waals surface area contributed by atoms with Crippen LogP contribution in [-0.4, -0.2) is 75.6 Å². The van der Waals surface area contributed by atoms with Crippen LogP contribution >= 0.6 is 0 Å². The SMILES string of the molecule is C[C@@H](O)CO[C@@H]1O[C@H](CO)[C@@H](O)[C@H](O)[C@H]1O. The molecule has 1 saturated heterocycles. The highest BCUT2D eigenvalue weighted by molar-refractivity contribution is 4.88.